The molecular formula is C110H195F17O13Si4. The first-order valence-corrected chi connectivity index (χ1v) is 67.1. The SMILES string of the molecule is CC1C(=O)OC(=O)C1C.CC1C2CC(C[Si](C)(C)C)C(C2)C1C.CCC(C)(C(=O)OC(C)C)C(F)(F)F.CCC(C)(C(=O)OC(C)C)C(F)(F)F.CCC(C)(C)C(=O)OC(C(F)(F)F)C(F)(F)F.CCC(C)(C)C(=O)OC1CCC(C(C)(C)C)CC1.CCC(C)(C)C(=O)OCCC[Si](C)(C)C.CCC(C)C[Si](C)(C)C.CCC(C)C[Si](C)(C)C.CCC(C)c1c(F)c(F)c(F)c(F)c1F.CCC(C)c1ccccc1. The largest absolute Gasteiger partial charge is 0.465 e. The second kappa shape index (κ2) is 63.8. The van der Waals surface area contributed by atoms with Crippen molar-refractivity contribution >= 4 is 74.1 Å². The van der Waals surface area contributed by atoms with Gasteiger partial charge in [-0.15, -0.1) is 0 Å². The fourth-order valence-corrected chi connectivity index (χ4v) is 23.4. The van der Waals surface area contributed by atoms with Gasteiger partial charge in [-0.3, -0.25) is 33.6 Å². The van der Waals surface area contributed by atoms with Crippen molar-refractivity contribution in [2.24, 2.45) is 91.7 Å². The summed E-state index contributed by atoms with van der Waals surface area (Å²) in [6, 6.07) is 16.4. The molecule has 1 heterocycles. The number of carbonyl (C=O) groups excluding carboxylic acids is 7. The van der Waals surface area contributed by atoms with Gasteiger partial charge in [0.25, 0.3) is 6.10 Å². The van der Waals surface area contributed by atoms with Crippen LogP contribution in [0.15, 0.2) is 30.3 Å². The molecule has 2 aromatic carbocycles. The molecule has 0 N–H and O–H groups in total. The third kappa shape index (κ3) is 55.6. The van der Waals surface area contributed by atoms with Gasteiger partial charge < -0.3 is 28.4 Å². The number of hydrogen-bond donors (Lipinski definition) is 0. The molecule has 0 spiro atoms. The van der Waals surface area contributed by atoms with Crippen molar-refractivity contribution in [2.45, 2.75) is 488 Å². The molecule has 4 aliphatic rings. The van der Waals surface area contributed by atoms with Crippen LogP contribution in [0.3, 0.4) is 0 Å². The van der Waals surface area contributed by atoms with E-state index in [1.165, 1.54) is 125 Å². The maximum Gasteiger partial charge on any atom is 0.434 e. The summed E-state index contributed by atoms with van der Waals surface area (Å²) >= 11 is 0. The van der Waals surface area contributed by atoms with Crippen molar-refractivity contribution in [3.8, 4) is 0 Å². The molecule has 0 radical (unpaired) electrons. The highest BCUT2D eigenvalue weighted by atomic mass is 28.3. The Balaban J connectivity index is -0.000000495. The molecule has 848 valence electrons. The lowest BCUT2D eigenvalue weighted by Crippen LogP contribution is -2.47. The molecule has 13 atom stereocenters. The van der Waals surface area contributed by atoms with Crippen molar-refractivity contribution in [1.29, 1.82) is 0 Å². The van der Waals surface area contributed by atoms with Crippen molar-refractivity contribution in [1.82, 2.24) is 0 Å². The Morgan fingerprint density at radius 3 is 1.03 bits per heavy atom. The number of halogens is 17. The summed E-state index contributed by atoms with van der Waals surface area (Å²) in [4.78, 5) is 78.3. The third-order valence-corrected chi connectivity index (χ3v) is 35.6. The molecule has 144 heavy (non-hydrogen) atoms. The molecule has 2 aromatic rings. The monoisotopic (exact) mass is 2160 g/mol. The summed E-state index contributed by atoms with van der Waals surface area (Å²) in [5, 5.41) is 0. The fourth-order valence-electron chi connectivity index (χ4n) is 15.4. The van der Waals surface area contributed by atoms with Crippen LogP contribution >= 0.6 is 0 Å². The van der Waals surface area contributed by atoms with E-state index in [1.807, 2.05) is 41.5 Å². The van der Waals surface area contributed by atoms with Crippen molar-refractivity contribution in [3.05, 3.63) is 70.5 Å². The minimum Gasteiger partial charge on any atom is -0.465 e. The third-order valence-electron chi connectivity index (χ3n) is 28.1. The van der Waals surface area contributed by atoms with E-state index in [9.17, 15) is 108 Å². The van der Waals surface area contributed by atoms with Gasteiger partial charge in [-0.25, -0.2) is 22.0 Å². The van der Waals surface area contributed by atoms with Crippen molar-refractivity contribution in [3.63, 3.8) is 0 Å². The van der Waals surface area contributed by atoms with E-state index in [-0.39, 0.29) is 60.0 Å². The summed E-state index contributed by atoms with van der Waals surface area (Å²) < 4.78 is 240. The molecule has 13 nitrogen and oxygen atoms in total. The normalized spacial score (nSPS) is 20.4. The molecule has 3 saturated carbocycles. The van der Waals surface area contributed by atoms with E-state index in [0.717, 1.165) is 93.3 Å². The van der Waals surface area contributed by atoms with E-state index in [2.05, 4.69) is 204 Å². The number of alkyl halides is 12. The van der Waals surface area contributed by atoms with Crippen molar-refractivity contribution in [2.75, 3.05) is 6.61 Å². The lowest BCUT2D eigenvalue weighted by Gasteiger charge is -2.37. The van der Waals surface area contributed by atoms with Gasteiger partial charge in [0, 0.05) is 37.9 Å². The molecule has 6 rings (SSSR count). The Kier molecular flexibility index (Phi) is 65.2. The van der Waals surface area contributed by atoms with Crippen LogP contribution in [0.5, 0.6) is 0 Å². The van der Waals surface area contributed by atoms with Gasteiger partial charge in [-0.05, 0) is 243 Å². The molecule has 0 aromatic heterocycles. The van der Waals surface area contributed by atoms with Gasteiger partial charge in [-0.2, -0.15) is 52.7 Å². The van der Waals surface area contributed by atoms with Crippen LogP contribution in [-0.4, -0.2) is 130 Å². The fraction of sp³-hybridized carbons (Fsp3) is 0.827. The predicted molar refractivity (Wildman–Crippen MR) is 562 cm³/mol. The van der Waals surface area contributed by atoms with Gasteiger partial charge in [0.05, 0.1) is 46.9 Å². The molecule has 34 heteroatoms. The summed E-state index contributed by atoms with van der Waals surface area (Å²) in [6.07, 6.45) is -11.5. The van der Waals surface area contributed by atoms with E-state index in [1.54, 1.807) is 39.7 Å². The molecule has 1 aliphatic heterocycles. The van der Waals surface area contributed by atoms with E-state index < -0.39 is 162 Å². The quantitative estimate of drug-likeness (QED) is 0.0106. The van der Waals surface area contributed by atoms with Gasteiger partial charge in [0.1, 0.15) is 6.10 Å². The molecule has 2 bridgehead atoms. The highest BCUT2D eigenvalue weighted by Gasteiger charge is 2.61. The van der Waals surface area contributed by atoms with Crippen LogP contribution < -0.4 is 0 Å². The lowest BCUT2D eigenvalue weighted by molar-refractivity contribution is -0.315. The highest BCUT2D eigenvalue weighted by Crippen LogP contribution is 2.57. The van der Waals surface area contributed by atoms with Crippen LogP contribution in [0.4, 0.5) is 74.6 Å². The first-order chi connectivity index (χ1) is 64.6. The Labute approximate surface area is 862 Å². The topological polar surface area (TPSA) is 175 Å². The number of hydrogen-bond acceptors (Lipinski definition) is 13. The molecule has 4 fully saturated rings. The van der Waals surface area contributed by atoms with E-state index >= 15 is 0 Å². The molecule has 0 amide bonds. The lowest BCUT2D eigenvalue weighted by atomic mass is 9.72. The van der Waals surface area contributed by atoms with Gasteiger partial charge in [0.2, 0.25) is 5.82 Å². The number of benzene rings is 2. The summed E-state index contributed by atoms with van der Waals surface area (Å²) in [7, 11) is -3.27. The van der Waals surface area contributed by atoms with E-state index in [4.69, 9.17) is 9.47 Å². The molecule has 3 aliphatic carbocycles. The molecule has 13 unspecified atom stereocenters. The zero-order valence-corrected chi connectivity index (χ0v) is 101. The summed E-state index contributed by atoms with van der Waals surface area (Å²) in [5.41, 5.74) is -5.74. The number of fused-ring (bicyclic) bond motifs is 2. The van der Waals surface area contributed by atoms with Gasteiger partial charge >= 0.3 is 66.5 Å². The van der Waals surface area contributed by atoms with Crippen molar-refractivity contribution < 1.29 is 137 Å². The highest BCUT2D eigenvalue weighted by molar-refractivity contribution is 6.77. The van der Waals surface area contributed by atoms with Crippen LogP contribution in [0.2, 0.25) is 103 Å². The standard InChI is InChI=1S/C16H30O2.C13H26Si.C12H26O2Si.C10H9F5.C10H14.C9H12F6O2.2C9H15F3O2.2C8H20Si.C6H8O3/c1-7-16(5,6)14(17)18-13-10-8-12(9-11-13)15(2,3)4;1-9-10(2)13-7-11(9)6-12(13)8-14(3,4)5;1-7-12(2,3)11(13)14-9-8-10-15(4,5)6;1-3-4(2)5-6(11)8(13)10(15)9(14)7(5)12;1-3-9(2)10-7-5-4-6-8-10;1-4-7(2,3)6(16)17-5(8(10,11)12)9(13,14)15;2*1-5-8(4,9(10,11)12)7(13)14-6(2)3;2*1-6-8(2)7-9(3,4)5;1-3-4(2)6(8)9-5(3)7/h12-13H,7-11H2,1-6H3;9-13H,6-8H2,1-5H3;7-10H2,1-6H3;4H,3H2,1-2H3;4-9H,3H2,1-2H3;5H,4H2,1-3H3;2*6H,5H2,1-4H3;2*8H,6-7H2,1-5H3;3-4H,1-2H3. The maximum absolute atomic E-state index is 13.1. The first kappa shape index (κ1) is 147. The minimum atomic E-state index is -5.67. The van der Waals surface area contributed by atoms with Crippen LogP contribution in [-0.2, 0) is 62.0 Å². The summed E-state index contributed by atoms with van der Waals surface area (Å²) in [5.74, 6) is -6.64. The molecule has 1 saturated heterocycles. The van der Waals surface area contributed by atoms with Crippen LogP contribution in [0, 0.1) is 121 Å². The Bertz CT molecular complexity index is 3890. The minimum absolute atomic E-state index is 0.0239. The molecular weight excluding hydrogens is 1960 g/mol. The first-order valence-electron chi connectivity index (χ1n) is 52.2. The number of cyclic esters (lactones) is 2. The number of ether oxygens (including phenoxy) is 6. The van der Waals surface area contributed by atoms with E-state index in [0.29, 0.717) is 24.4 Å². The second-order valence-electron chi connectivity index (χ2n) is 48.9. The van der Waals surface area contributed by atoms with Crippen LogP contribution in [0.1, 0.15) is 347 Å². The summed E-state index contributed by atoms with van der Waals surface area (Å²) in [6.45, 7) is 88.1. The van der Waals surface area contributed by atoms with Gasteiger partial charge in [-0.1, -0.05) is 284 Å². The predicted octanol–water partition coefficient (Wildman–Crippen LogP) is 36.0. The number of carbonyl (C=O) groups is 7. The zero-order chi connectivity index (χ0) is 115. The smallest absolute Gasteiger partial charge is 0.434 e. The number of rotatable bonds is 30. The average Bonchev–Trinajstić information content (AvgIpc) is 1.66. The second-order valence-corrected chi connectivity index (χ2v) is 71.1. The van der Waals surface area contributed by atoms with Crippen LogP contribution in [0.25, 0.3) is 0 Å². The Morgan fingerprint density at radius 2 is 0.771 bits per heavy atom. The maximum atomic E-state index is 13.1. The zero-order valence-electron chi connectivity index (χ0n) is 96.7. The van der Waals surface area contributed by atoms with Gasteiger partial charge in [0.15, 0.2) is 34.1 Å². The number of esters is 7. The average molecular weight is 2160 g/mol. The Morgan fingerprint density at radius 1 is 0.417 bits per heavy atom. The Hall–Kier alpha value is -5.39.